The van der Waals surface area contributed by atoms with Crippen LogP contribution in [0.4, 0.5) is 11.4 Å². The molecule has 0 radical (unpaired) electrons. The molecular formula is C22H24N2O2. The number of hydrogen-bond donors (Lipinski definition) is 1. The number of benzene rings is 2. The SMILES string of the molecule is CC(C)c1ccc(NC(=O)C2CC2C(=O)N2CCc3ccccc32)cc1. The van der Waals surface area contributed by atoms with Crippen molar-refractivity contribution in [3.05, 3.63) is 59.7 Å². The molecule has 2 unspecified atom stereocenters. The Bertz CT molecular complexity index is 841. The topological polar surface area (TPSA) is 49.4 Å². The van der Waals surface area contributed by atoms with Gasteiger partial charge < -0.3 is 10.2 Å². The molecule has 4 heteroatoms. The van der Waals surface area contributed by atoms with Crippen LogP contribution in [0.5, 0.6) is 0 Å². The Morgan fingerprint density at radius 1 is 1.04 bits per heavy atom. The fourth-order valence-electron chi connectivity index (χ4n) is 3.71. The highest BCUT2D eigenvalue weighted by Crippen LogP contribution is 2.43. The summed E-state index contributed by atoms with van der Waals surface area (Å²) in [4.78, 5) is 27.1. The minimum absolute atomic E-state index is 0.0480. The van der Waals surface area contributed by atoms with E-state index in [0.717, 1.165) is 24.3 Å². The first-order chi connectivity index (χ1) is 12.5. The highest BCUT2D eigenvalue weighted by molar-refractivity contribution is 6.05. The second-order valence-electron chi connectivity index (χ2n) is 7.58. The van der Waals surface area contributed by atoms with E-state index in [-0.39, 0.29) is 23.7 Å². The lowest BCUT2D eigenvalue weighted by Crippen LogP contribution is -2.31. The van der Waals surface area contributed by atoms with Gasteiger partial charge in [0.2, 0.25) is 11.8 Å². The lowest BCUT2D eigenvalue weighted by atomic mass is 10.0. The summed E-state index contributed by atoms with van der Waals surface area (Å²) in [5.41, 5.74) is 4.26. The van der Waals surface area contributed by atoms with Gasteiger partial charge in [0.25, 0.3) is 0 Å². The van der Waals surface area contributed by atoms with Crippen LogP contribution in [-0.4, -0.2) is 18.4 Å². The van der Waals surface area contributed by atoms with Gasteiger partial charge in [0, 0.05) is 17.9 Å². The molecule has 0 saturated heterocycles. The second-order valence-corrected chi connectivity index (χ2v) is 7.58. The van der Waals surface area contributed by atoms with Crippen LogP contribution in [0.1, 0.15) is 37.3 Å². The number of carbonyl (C=O) groups is 2. The van der Waals surface area contributed by atoms with E-state index >= 15 is 0 Å². The summed E-state index contributed by atoms with van der Waals surface area (Å²) in [6.45, 7) is 5.01. The third kappa shape index (κ3) is 3.12. The first-order valence-electron chi connectivity index (χ1n) is 9.34. The molecule has 1 saturated carbocycles. The average molecular weight is 348 g/mol. The van der Waals surface area contributed by atoms with Crippen LogP contribution in [-0.2, 0) is 16.0 Å². The molecule has 26 heavy (non-hydrogen) atoms. The van der Waals surface area contributed by atoms with Crippen LogP contribution < -0.4 is 10.2 Å². The third-order valence-electron chi connectivity index (χ3n) is 5.44. The average Bonchev–Trinajstić information content (AvgIpc) is 3.34. The van der Waals surface area contributed by atoms with Gasteiger partial charge in [-0.25, -0.2) is 0 Å². The summed E-state index contributed by atoms with van der Waals surface area (Å²) < 4.78 is 0. The van der Waals surface area contributed by atoms with Crippen molar-refractivity contribution < 1.29 is 9.59 Å². The normalized spacial score (nSPS) is 20.8. The van der Waals surface area contributed by atoms with Gasteiger partial charge in [0.1, 0.15) is 0 Å². The van der Waals surface area contributed by atoms with Crippen molar-refractivity contribution in [1.29, 1.82) is 0 Å². The van der Waals surface area contributed by atoms with E-state index in [2.05, 4.69) is 25.2 Å². The number of carbonyl (C=O) groups excluding carboxylic acids is 2. The Hall–Kier alpha value is -2.62. The van der Waals surface area contributed by atoms with Crippen molar-refractivity contribution in [2.75, 3.05) is 16.8 Å². The molecule has 1 aliphatic heterocycles. The fourth-order valence-corrected chi connectivity index (χ4v) is 3.71. The molecule has 1 N–H and O–H groups in total. The summed E-state index contributed by atoms with van der Waals surface area (Å²) in [5.74, 6) is 0.114. The van der Waals surface area contributed by atoms with Crippen molar-refractivity contribution >= 4 is 23.2 Å². The molecule has 4 rings (SSSR count). The predicted octanol–water partition coefficient (Wildman–Crippen LogP) is 3.97. The molecular weight excluding hydrogens is 324 g/mol. The van der Waals surface area contributed by atoms with E-state index < -0.39 is 0 Å². The Morgan fingerprint density at radius 2 is 1.77 bits per heavy atom. The molecule has 134 valence electrons. The van der Waals surface area contributed by atoms with Crippen molar-refractivity contribution in [3.8, 4) is 0 Å². The molecule has 2 aromatic carbocycles. The van der Waals surface area contributed by atoms with E-state index in [4.69, 9.17) is 0 Å². The number of rotatable bonds is 4. The number of nitrogens with one attached hydrogen (secondary N) is 1. The van der Waals surface area contributed by atoms with E-state index in [0.29, 0.717) is 12.3 Å². The van der Waals surface area contributed by atoms with E-state index in [1.54, 1.807) is 0 Å². The molecule has 2 atom stereocenters. The quantitative estimate of drug-likeness (QED) is 0.909. The summed E-state index contributed by atoms with van der Waals surface area (Å²) in [5, 5.41) is 2.95. The highest BCUT2D eigenvalue weighted by Gasteiger charge is 2.50. The van der Waals surface area contributed by atoms with Crippen molar-refractivity contribution in [1.82, 2.24) is 0 Å². The molecule has 2 aliphatic rings. The minimum atomic E-state index is -0.208. The second kappa shape index (κ2) is 6.60. The number of fused-ring (bicyclic) bond motifs is 1. The standard InChI is InChI=1S/C22H24N2O2/c1-14(2)15-7-9-17(10-8-15)23-21(25)18-13-19(18)22(26)24-12-11-16-5-3-4-6-20(16)24/h3-10,14,18-19H,11-13H2,1-2H3,(H,23,25). The highest BCUT2D eigenvalue weighted by atomic mass is 16.2. The Balaban J connectivity index is 1.37. The molecule has 2 amide bonds. The molecule has 0 aromatic heterocycles. The van der Waals surface area contributed by atoms with Crippen molar-refractivity contribution in [2.45, 2.75) is 32.6 Å². The maximum Gasteiger partial charge on any atom is 0.230 e. The van der Waals surface area contributed by atoms with Crippen LogP contribution >= 0.6 is 0 Å². The van der Waals surface area contributed by atoms with Gasteiger partial charge in [-0.15, -0.1) is 0 Å². The van der Waals surface area contributed by atoms with Gasteiger partial charge in [0.05, 0.1) is 11.8 Å². The van der Waals surface area contributed by atoms with Crippen molar-refractivity contribution in [3.63, 3.8) is 0 Å². The van der Waals surface area contributed by atoms with Gasteiger partial charge in [-0.05, 0) is 48.1 Å². The Labute approximate surface area is 154 Å². The van der Waals surface area contributed by atoms with Crippen LogP contribution in [0.3, 0.4) is 0 Å². The Kier molecular flexibility index (Phi) is 4.27. The minimum Gasteiger partial charge on any atom is -0.326 e. The predicted molar refractivity (Wildman–Crippen MR) is 103 cm³/mol. The number of para-hydroxylation sites is 1. The number of anilines is 2. The number of nitrogens with zero attached hydrogens (tertiary/aromatic N) is 1. The van der Waals surface area contributed by atoms with Crippen LogP contribution in [0, 0.1) is 11.8 Å². The van der Waals surface area contributed by atoms with E-state index in [1.807, 2.05) is 47.4 Å². The van der Waals surface area contributed by atoms with Gasteiger partial charge in [-0.3, -0.25) is 9.59 Å². The summed E-state index contributed by atoms with van der Waals surface area (Å²) in [7, 11) is 0. The van der Waals surface area contributed by atoms with Gasteiger partial charge in [-0.2, -0.15) is 0 Å². The van der Waals surface area contributed by atoms with Gasteiger partial charge in [0.15, 0.2) is 0 Å². The number of hydrogen-bond acceptors (Lipinski definition) is 2. The zero-order valence-corrected chi connectivity index (χ0v) is 15.2. The van der Waals surface area contributed by atoms with Crippen LogP contribution in [0.2, 0.25) is 0 Å². The van der Waals surface area contributed by atoms with E-state index in [1.165, 1.54) is 11.1 Å². The van der Waals surface area contributed by atoms with E-state index in [9.17, 15) is 9.59 Å². The molecule has 1 heterocycles. The monoisotopic (exact) mass is 348 g/mol. The largest absolute Gasteiger partial charge is 0.326 e. The van der Waals surface area contributed by atoms with Crippen LogP contribution in [0.15, 0.2) is 48.5 Å². The summed E-state index contributed by atoms with van der Waals surface area (Å²) in [6.07, 6.45) is 1.54. The zero-order chi connectivity index (χ0) is 18.3. The van der Waals surface area contributed by atoms with Gasteiger partial charge >= 0.3 is 0 Å². The molecule has 2 aromatic rings. The molecule has 1 aliphatic carbocycles. The fraction of sp³-hybridized carbons (Fsp3) is 0.364. The summed E-state index contributed by atoms with van der Waals surface area (Å²) in [6, 6.07) is 16.0. The molecule has 0 spiro atoms. The number of amides is 2. The van der Waals surface area contributed by atoms with Crippen molar-refractivity contribution in [2.24, 2.45) is 11.8 Å². The molecule has 0 bridgehead atoms. The molecule has 4 nitrogen and oxygen atoms in total. The first-order valence-corrected chi connectivity index (χ1v) is 9.34. The van der Waals surface area contributed by atoms with Crippen LogP contribution in [0.25, 0.3) is 0 Å². The maximum absolute atomic E-state index is 12.8. The Morgan fingerprint density at radius 3 is 2.50 bits per heavy atom. The molecule has 1 fully saturated rings. The third-order valence-corrected chi connectivity index (χ3v) is 5.44. The lowest BCUT2D eigenvalue weighted by molar-refractivity contribution is -0.123. The first kappa shape index (κ1) is 16.8. The van der Waals surface area contributed by atoms with Gasteiger partial charge in [-0.1, -0.05) is 44.2 Å². The maximum atomic E-state index is 12.8. The lowest BCUT2D eigenvalue weighted by Gasteiger charge is -2.17. The summed E-state index contributed by atoms with van der Waals surface area (Å²) >= 11 is 0. The zero-order valence-electron chi connectivity index (χ0n) is 15.2. The smallest absolute Gasteiger partial charge is 0.230 e.